The highest BCUT2D eigenvalue weighted by Gasteiger charge is 2.43. The molecule has 2 N–H and O–H groups in total. The largest absolute Gasteiger partial charge is 0.481 e. The molecule has 2 heterocycles. The van der Waals surface area contributed by atoms with Gasteiger partial charge in [-0.05, 0) is 38.1 Å². The van der Waals surface area contributed by atoms with E-state index in [1.807, 2.05) is 4.90 Å². The summed E-state index contributed by atoms with van der Waals surface area (Å²) in [7, 11) is 0. The van der Waals surface area contributed by atoms with E-state index in [9.17, 15) is 9.59 Å². The first-order valence-electron chi connectivity index (χ1n) is 7.79. The van der Waals surface area contributed by atoms with Gasteiger partial charge in [0.1, 0.15) is 0 Å². The normalized spacial score (nSPS) is 30.4. The van der Waals surface area contributed by atoms with Crippen LogP contribution in [0.15, 0.2) is 0 Å². The number of piperidine rings is 1. The van der Waals surface area contributed by atoms with Gasteiger partial charge in [0.15, 0.2) is 0 Å². The Morgan fingerprint density at radius 2 is 2.25 bits per heavy atom. The number of aliphatic carboxylic acids is 1. The van der Waals surface area contributed by atoms with Crippen LogP contribution >= 0.6 is 0 Å². The van der Waals surface area contributed by atoms with Crippen LogP contribution in [0.2, 0.25) is 0 Å². The summed E-state index contributed by atoms with van der Waals surface area (Å²) in [6.07, 6.45) is 4.97. The van der Waals surface area contributed by atoms with Crippen molar-refractivity contribution in [3.63, 3.8) is 0 Å². The van der Waals surface area contributed by atoms with Gasteiger partial charge in [0.05, 0.1) is 5.41 Å². The lowest BCUT2D eigenvalue weighted by atomic mass is 9.75. The average molecular weight is 282 g/mol. The number of hydrogen-bond acceptors (Lipinski definition) is 3. The molecule has 5 heteroatoms. The molecule has 2 unspecified atom stereocenters. The van der Waals surface area contributed by atoms with Crippen molar-refractivity contribution in [3.05, 3.63) is 0 Å². The van der Waals surface area contributed by atoms with Crippen LogP contribution in [0.1, 0.15) is 45.4 Å². The number of carbonyl (C=O) groups is 2. The van der Waals surface area contributed by atoms with E-state index in [-0.39, 0.29) is 23.7 Å². The number of likely N-dealkylation sites (tertiary alicyclic amines) is 1. The highest BCUT2D eigenvalue weighted by Crippen LogP contribution is 2.35. The topological polar surface area (TPSA) is 69.6 Å². The number of hydrogen-bond donors (Lipinski definition) is 2. The molecule has 20 heavy (non-hydrogen) atoms. The van der Waals surface area contributed by atoms with E-state index >= 15 is 0 Å². The summed E-state index contributed by atoms with van der Waals surface area (Å²) >= 11 is 0. The van der Waals surface area contributed by atoms with Crippen LogP contribution in [0, 0.1) is 11.3 Å². The average Bonchev–Trinajstić information content (AvgIpc) is 2.87. The second kappa shape index (κ2) is 6.57. The predicted octanol–water partition coefficient (Wildman–Crippen LogP) is 1.48. The minimum Gasteiger partial charge on any atom is -0.481 e. The van der Waals surface area contributed by atoms with Crippen LogP contribution in [-0.2, 0) is 9.59 Å². The number of amides is 1. The van der Waals surface area contributed by atoms with E-state index in [1.165, 1.54) is 0 Å². The Morgan fingerprint density at radius 1 is 1.45 bits per heavy atom. The van der Waals surface area contributed by atoms with Crippen LogP contribution in [0.4, 0.5) is 0 Å². The highest BCUT2D eigenvalue weighted by molar-refractivity contribution is 5.83. The van der Waals surface area contributed by atoms with E-state index in [4.69, 9.17) is 5.11 Å². The lowest BCUT2D eigenvalue weighted by molar-refractivity contribution is -0.143. The fourth-order valence-electron chi connectivity index (χ4n) is 3.72. The van der Waals surface area contributed by atoms with Gasteiger partial charge in [0, 0.05) is 26.1 Å². The van der Waals surface area contributed by atoms with Crippen molar-refractivity contribution in [2.45, 2.75) is 45.4 Å². The molecular weight excluding hydrogens is 256 g/mol. The summed E-state index contributed by atoms with van der Waals surface area (Å²) in [5.74, 6) is -0.377. The van der Waals surface area contributed by atoms with Gasteiger partial charge >= 0.3 is 5.97 Å². The molecule has 2 saturated heterocycles. The maximum absolute atomic E-state index is 12.9. The molecule has 2 aliphatic heterocycles. The zero-order valence-electron chi connectivity index (χ0n) is 12.4. The van der Waals surface area contributed by atoms with Crippen molar-refractivity contribution < 1.29 is 14.7 Å². The van der Waals surface area contributed by atoms with Crippen molar-refractivity contribution in [3.8, 4) is 0 Å². The monoisotopic (exact) mass is 282 g/mol. The minimum absolute atomic E-state index is 0.131. The van der Waals surface area contributed by atoms with Gasteiger partial charge in [-0.3, -0.25) is 9.59 Å². The Balaban J connectivity index is 2.00. The molecule has 0 aromatic rings. The van der Waals surface area contributed by atoms with E-state index in [1.54, 1.807) is 0 Å². The molecule has 114 valence electrons. The van der Waals surface area contributed by atoms with Gasteiger partial charge in [-0.2, -0.15) is 0 Å². The van der Waals surface area contributed by atoms with Gasteiger partial charge in [0.2, 0.25) is 5.91 Å². The van der Waals surface area contributed by atoms with Crippen LogP contribution in [-0.4, -0.2) is 48.1 Å². The summed E-state index contributed by atoms with van der Waals surface area (Å²) in [5.41, 5.74) is -0.245. The molecular formula is C15H26N2O3. The summed E-state index contributed by atoms with van der Waals surface area (Å²) in [5, 5.41) is 12.2. The standard InChI is InChI=1S/C15H26N2O3/c1-2-5-15(6-3-7-16-11-15)14(20)17-8-4-12(10-17)9-13(18)19/h12,16H,2-11H2,1H3,(H,18,19). The quantitative estimate of drug-likeness (QED) is 0.801. The third-order valence-electron chi connectivity index (χ3n) is 4.69. The zero-order valence-corrected chi connectivity index (χ0v) is 12.4. The molecule has 2 rings (SSSR count). The Morgan fingerprint density at radius 3 is 2.85 bits per heavy atom. The van der Waals surface area contributed by atoms with Crippen molar-refractivity contribution in [2.24, 2.45) is 11.3 Å². The Bertz CT molecular complexity index is 359. The number of carboxylic acid groups (broad SMARTS) is 1. The smallest absolute Gasteiger partial charge is 0.303 e. The molecule has 0 radical (unpaired) electrons. The van der Waals surface area contributed by atoms with E-state index in [0.717, 1.165) is 51.7 Å². The fraction of sp³-hybridized carbons (Fsp3) is 0.867. The first-order chi connectivity index (χ1) is 9.57. The van der Waals surface area contributed by atoms with Crippen molar-refractivity contribution in [1.29, 1.82) is 0 Å². The number of rotatable bonds is 5. The van der Waals surface area contributed by atoms with E-state index in [2.05, 4.69) is 12.2 Å². The van der Waals surface area contributed by atoms with Crippen LogP contribution in [0.3, 0.4) is 0 Å². The fourth-order valence-corrected chi connectivity index (χ4v) is 3.72. The van der Waals surface area contributed by atoms with Gasteiger partial charge in [-0.1, -0.05) is 13.3 Å². The van der Waals surface area contributed by atoms with Gasteiger partial charge in [0.25, 0.3) is 0 Å². The molecule has 1 amide bonds. The van der Waals surface area contributed by atoms with Gasteiger partial charge < -0.3 is 15.3 Å². The third kappa shape index (κ3) is 3.32. The SMILES string of the molecule is CCCC1(C(=O)N2CCC(CC(=O)O)C2)CCCNC1. The predicted molar refractivity (Wildman–Crippen MR) is 76.4 cm³/mol. The highest BCUT2D eigenvalue weighted by atomic mass is 16.4. The number of nitrogens with zero attached hydrogens (tertiary/aromatic N) is 1. The van der Waals surface area contributed by atoms with Crippen molar-refractivity contribution >= 4 is 11.9 Å². The summed E-state index contributed by atoms with van der Waals surface area (Å²) in [6.45, 7) is 5.25. The minimum atomic E-state index is -0.757. The Hall–Kier alpha value is -1.10. The maximum atomic E-state index is 12.9. The van der Waals surface area contributed by atoms with Crippen LogP contribution in [0.5, 0.6) is 0 Å². The molecule has 0 spiro atoms. The number of carboxylic acids is 1. The van der Waals surface area contributed by atoms with E-state index < -0.39 is 5.97 Å². The Kier molecular flexibility index (Phi) is 5.02. The van der Waals surface area contributed by atoms with E-state index in [0.29, 0.717) is 6.54 Å². The molecule has 0 saturated carbocycles. The molecule has 0 aliphatic carbocycles. The summed E-state index contributed by atoms with van der Waals surface area (Å²) < 4.78 is 0. The van der Waals surface area contributed by atoms with Crippen LogP contribution in [0.25, 0.3) is 0 Å². The third-order valence-corrected chi connectivity index (χ3v) is 4.69. The molecule has 0 aromatic heterocycles. The summed E-state index contributed by atoms with van der Waals surface area (Å²) in [4.78, 5) is 25.6. The second-order valence-electron chi connectivity index (χ2n) is 6.31. The molecule has 0 bridgehead atoms. The van der Waals surface area contributed by atoms with Crippen LogP contribution < -0.4 is 5.32 Å². The Labute approximate surface area is 120 Å². The lowest BCUT2D eigenvalue weighted by Gasteiger charge is -2.39. The zero-order chi connectivity index (χ0) is 14.6. The van der Waals surface area contributed by atoms with Crippen molar-refractivity contribution in [2.75, 3.05) is 26.2 Å². The number of carbonyl (C=O) groups excluding carboxylic acids is 1. The molecule has 0 aromatic carbocycles. The first-order valence-corrected chi connectivity index (χ1v) is 7.79. The molecule has 2 fully saturated rings. The van der Waals surface area contributed by atoms with Gasteiger partial charge in [-0.25, -0.2) is 0 Å². The molecule has 5 nitrogen and oxygen atoms in total. The first kappa shape index (κ1) is 15.3. The van der Waals surface area contributed by atoms with Gasteiger partial charge in [-0.15, -0.1) is 0 Å². The lowest BCUT2D eigenvalue weighted by Crippen LogP contribution is -2.51. The second-order valence-corrected chi connectivity index (χ2v) is 6.31. The molecule has 2 aliphatic rings. The maximum Gasteiger partial charge on any atom is 0.303 e. The summed E-state index contributed by atoms with van der Waals surface area (Å²) in [6, 6.07) is 0. The number of nitrogens with one attached hydrogen (secondary N) is 1. The van der Waals surface area contributed by atoms with Crippen molar-refractivity contribution in [1.82, 2.24) is 10.2 Å². The molecule has 2 atom stereocenters.